The molecule has 1 aliphatic rings. The summed E-state index contributed by atoms with van der Waals surface area (Å²) in [5.41, 5.74) is -0.884. The van der Waals surface area contributed by atoms with Gasteiger partial charge in [0.1, 0.15) is 0 Å². The molecule has 1 unspecified atom stereocenters. The summed E-state index contributed by atoms with van der Waals surface area (Å²) in [6.07, 6.45) is 0.627. The number of rotatable bonds is 4. The van der Waals surface area contributed by atoms with Gasteiger partial charge in [0, 0.05) is 41.9 Å². The van der Waals surface area contributed by atoms with E-state index in [0.29, 0.717) is 23.2 Å². The smallest absolute Gasteiger partial charge is 0.270 e. The van der Waals surface area contributed by atoms with E-state index in [1.807, 2.05) is 11.9 Å². The van der Waals surface area contributed by atoms with Crippen LogP contribution in [0.1, 0.15) is 16.1 Å². The number of carbonyl (C=O) groups is 1. The maximum atomic E-state index is 12.3. The van der Waals surface area contributed by atoms with Gasteiger partial charge in [0.2, 0.25) is 0 Å². The Morgan fingerprint density at radius 3 is 2.96 bits per heavy atom. The molecule has 1 aromatic heterocycles. The second-order valence-electron chi connectivity index (χ2n) is 5.98. The average molecular weight is 335 g/mol. The molecule has 0 saturated carbocycles. The Labute approximate surface area is 136 Å². The highest BCUT2D eigenvalue weighted by molar-refractivity contribution is 7.20. The number of aliphatic hydroxyl groups is 1. The number of benzene rings is 1. The van der Waals surface area contributed by atoms with Crippen LogP contribution < -0.4 is 5.32 Å². The van der Waals surface area contributed by atoms with Gasteiger partial charge in [-0.3, -0.25) is 14.9 Å². The van der Waals surface area contributed by atoms with Gasteiger partial charge in [0.25, 0.3) is 11.6 Å². The number of carbonyl (C=O) groups excluding carboxylic acids is 1. The first kappa shape index (κ1) is 15.9. The lowest BCUT2D eigenvalue weighted by Crippen LogP contribution is -2.44. The number of nitrogens with one attached hydrogen (secondary N) is 1. The van der Waals surface area contributed by atoms with E-state index in [9.17, 15) is 20.0 Å². The van der Waals surface area contributed by atoms with Crippen LogP contribution in [-0.2, 0) is 0 Å². The van der Waals surface area contributed by atoms with Gasteiger partial charge in [-0.15, -0.1) is 11.3 Å². The zero-order chi connectivity index (χ0) is 16.6. The van der Waals surface area contributed by atoms with E-state index in [4.69, 9.17) is 0 Å². The summed E-state index contributed by atoms with van der Waals surface area (Å²) in [6.45, 7) is 1.54. The number of likely N-dealkylation sites (N-methyl/N-ethyl adjacent to an activating group) is 1. The van der Waals surface area contributed by atoms with Crippen molar-refractivity contribution in [1.82, 2.24) is 10.2 Å². The number of non-ortho nitro benzene ring substituents is 1. The van der Waals surface area contributed by atoms with Gasteiger partial charge in [-0.05, 0) is 25.6 Å². The molecule has 0 spiro atoms. The molecule has 7 nitrogen and oxygen atoms in total. The third kappa shape index (κ3) is 3.34. The highest BCUT2D eigenvalue weighted by Gasteiger charge is 2.34. The lowest BCUT2D eigenvalue weighted by Gasteiger charge is -2.22. The van der Waals surface area contributed by atoms with Crippen LogP contribution in [0.5, 0.6) is 0 Å². The van der Waals surface area contributed by atoms with Crippen LogP contribution in [-0.4, -0.2) is 53.1 Å². The monoisotopic (exact) mass is 335 g/mol. The number of thiophene rings is 1. The fraction of sp³-hybridized carbons (Fsp3) is 0.400. The molecule has 23 heavy (non-hydrogen) atoms. The van der Waals surface area contributed by atoms with Crippen molar-refractivity contribution in [3.05, 3.63) is 39.3 Å². The van der Waals surface area contributed by atoms with Crippen LogP contribution in [0.2, 0.25) is 0 Å². The molecule has 1 amide bonds. The summed E-state index contributed by atoms with van der Waals surface area (Å²) in [7, 11) is 1.93. The van der Waals surface area contributed by atoms with Crippen molar-refractivity contribution in [3.63, 3.8) is 0 Å². The minimum atomic E-state index is -0.889. The van der Waals surface area contributed by atoms with Crippen LogP contribution in [0.3, 0.4) is 0 Å². The summed E-state index contributed by atoms with van der Waals surface area (Å²) in [5.74, 6) is -0.267. The molecule has 0 bridgehead atoms. The quantitative estimate of drug-likeness (QED) is 0.654. The van der Waals surface area contributed by atoms with Crippen molar-refractivity contribution in [2.75, 3.05) is 26.7 Å². The summed E-state index contributed by atoms with van der Waals surface area (Å²) >= 11 is 1.28. The molecule has 0 radical (unpaired) electrons. The van der Waals surface area contributed by atoms with Crippen LogP contribution in [0.4, 0.5) is 5.69 Å². The van der Waals surface area contributed by atoms with Gasteiger partial charge in [-0.25, -0.2) is 0 Å². The fourth-order valence-corrected chi connectivity index (χ4v) is 3.75. The molecule has 3 rings (SSSR count). The van der Waals surface area contributed by atoms with Crippen LogP contribution in [0.25, 0.3) is 10.1 Å². The van der Waals surface area contributed by atoms with Crippen molar-refractivity contribution >= 4 is 33.0 Å². The normalized spacial score (nSPS) is 21.7. The zero-order valence-corrected chi connectivity index (χ0v) is 13.4. The molecule has 122 valence electrons. The van der Waals surface area contributed by atoms with E-state index in [1.165, 1.54) is 23.5 Å². The lowest BCUT2D eigenvalue weighted by atomic mass is 10.0. The number of β-amino-alcohol motifs (C(OH)–C–C–N with tert-alkyl or cyclic N) is 1. The summed E-state index contributed by atoms with van der Waals surface area (Å²) in [4.78, 5) is 25.1. The van der Waals surface area contributed by atoms with Crippen molar-refractivity contribution in [2.24, 2.45) is 0 Å². The molecule has 2 heterocycles. The minimum absolute atomic E-state index is 0.00515. The van der Waals surface area contributed by atoms with Gasteiger partial charge in [-0.2, -0.15) is 0 Å². The van der Waals surface area contributed by atoms with Gasteiger partial charge in [0.15, 0.2) is 0 Å². The summed E-state index contributed by atoms with van der Waals surface area (Å²) in [5, 5.41) is 24.6. The fourth-order valence-electron chi connectivity index (χ4n) is 2.79. The first-order valence-electron chi connectivity index (χ1n) is 7.23. The maximum Gasteiger partial charge on any atom is 0.270 e. The Morgan fingerprint density at radius 1 is 1.52 bits per heavy atom. The number of fused-ring (bicyclic) bond motifs is 1. The number of nitro groups is 1. The number of nitro benzene ring substituents is 1. The van der Waals surface area contributed by atoms with Crippen LogP contribution >= 0.6 is 11.3 Å². The number of likely N-dealkylation sites (tertiary alicyclic amines) is 1. The van der Waals surface area contributed by atoms with Crippen molar-refractivity contribution in [2.45, 2.75) is 12.0 Å². The molecule has 1 aliphatic heterocycles. The van der Waals surface area contributed by atoms with E-state index < -0.39 is 10.5 Å². The van der Waals surface area contributed by atoms with E-state index in [1.54, 1.807) is 12.1 Å². The van der Waals surface area contributed by atoms with Gasteiger partial charge >= 0.3 is 0 Å². The van der Waals surface area contributed by atoms with Crippen molar-refractivity contribution in [1.29, 1.82) is 0 Å². The predicted octanol–water partition coefficient (Wildman–Crippen LogP) is 1.61. The van der Waals surface area contributed by atoms with E-state index in [-0.39, 0.29) is 18.1 Å². The van der Waals surface area contributed by atoms with Crippen LogP contribution in [0, 0.1) is 10.1 Å². The molecule has 1 fully saturated rings. The maximum absolute atomic E-state index is 12.3. The lowest BCUT2D eigenvalue weighted by molar-refractivity contribution is -0.384. The third-order valence-electron chi connectivity index (χ3n) is 4.04. The standard InChI is InChI=1S/C15H17N3O4S/c1-17-5-4-15(20,9-17)8-16-14(19)13-7-10-6-11(18(21)22)2-3-12(10)23-13/h2-3,6-7,20H,4-5,8-9H2,1H3,(H,16,19). The Balaban J connectivity index is 1.72. The largest absolute Gasteiger partial charge is 0.387 e. The molecule has 2 N–H and O–H groups in total. The zero-order valence-electron chi connectivity index (χ0n) is 12.6. The van der Waals surface area contributed by atoms with Crippen molar-refractivity contribution in [3.8, 4) is 0 Å². The van der Waals surface area contributed by atoms with E-state index in [2.05, 4.69) is 5.32 Å². The molecular formula is C15H17N3O4S. The SMILES string of the molecule is CN1CCC(O)(CNC(=O)c2cc3cc([N+](=O)[O-])ccc3s2)C1. The van der Waals surface area contributed by atoms with Crippen LogP contribution in [0.15, 0.2) is 24.3 Å². The highest BCUT2D eigenvalue weighted by Crippen LogP contribution is 2.29. The molecule has 1 saturated heterocycles. The number of hydrogen-bond acceptors (Lipinski definition) is 6. The molecule has 2 aromatic rings. The third-order valence-corrected chi connectivity index (χ3v) is 5.15. The minimum Gasteiger partial charge on any atom is -0.387 e. The van der Waals surface area contributed by atoms with E-state index in [0.717, 1.165) is 11.2 Å². The molecule has 1 atom stereocenters. The highest BCUT2D eigenvalue weighted by atomic mass is 32.1. The topological polar surface area (TPSA) is 95.7 Å². The predicted molar refractivity (Wildman–Crippen MR) is 87.9 cm³/mol. The average Bonchev–Trinajstić information content (AvgIpc) is 3.07. The first-order chi connectivity index (χ1) is 10.9. The van der Waals surface area contributed by atoms with Crippen molar-refractivity contribution < 1.29 is 14.8 Å². The number of amides is 1. The Bertz CT molecular complexity index is 775. The van der Waals surface area contributed by atoms with Gasteiger partial charge in [-0.1, -0.05) is 0 Å². The Morgan fingerprint density at radius 2 is 2.30 bits per heavy atom. The van der Waals surface area contributed by atoms with Gasteiger partial charge < -0.3 is 15.3 Å². The number of nitrogens with zero attached hydrogens (tertiary/aromatic N) is 2. The Kier molecular flexibility index (Phi) is 4.05. The second kappa shape index (κ2) is 5.88. The Hall–Kier alpha value is -2.03. The summed E-state index contributed by atoms with van der Waals surface area (Å²) in [6, 6.07) is 6.18. The van der Waals surface area contributed by atoms with Gasteiger partial charge in [0.05, 0.1) is 15.4 Å². The van der Waals surface area contributed by atoms with E-state index >= 15 is 0 Å². The summed E-state index contributed by atoms with van der Waals surface area (Å²) < 4.78 is 0.820. The second-order valence-corrected chi connectivity index (χ2v) is 7.07. The molecule has 8 heteroatoms. The molecular weight excluding hydrogens is 318 g/mol. The molecule has 0 aliphatic carbocycles. The first-order valence-corrected chi connectivity index (χ1v) is 8.05. The molecule has 1 aromatic carbocycles. The number of hydrogen-bond donors (Lipinski definition) is 2.